The van der Waals surface area contributed by atoms with Crippen molar-refractivity contribution in [3.05, 3.63) is 34.7 Å². The zero-order valence-electron chi connectivity index (χ0n) is 11.0. The number of imidazole rings is 1. The van der Waals surface area contributed by atoms with Crippen molar-refractivity contribution in [2.24, 2.45) is 7.05 Å². The third kappa shape index (κ3) is 2.82. The lowest BCUT2D eigenvalue weighted by molar-refractivity contribution is 0.577. The summed E-state index contributed by atoms with van der Waals surface area (Å²) in [6, 6.07) is 0. The molecule has 3 aromatic heterocycles. The van der Waals surface area contributed by atoms with Crippen LogP contribution in [0.3, 0.4) is 0 Å². The summed E-state index contributed by atoms with van der Waals surface area (Å²) in [6.07, 6.45) is 5.74. The number of thiazole rings is 1. The Bertz CT molecular complexity index is 880. The Morgan fingerprint density at radius 2 is 2.29 bits per heavy atom. The molecular weight excluding hydrogens is 334 g/mol. The second-order valence-corrected chi connectivity index (χ2v) is 7.35. The Kier molecular flexibility index (Phi) is 3.74. The van der Waals surface area contributed by atoms with Crippen LogP contribution < -0.4 is 4.72 Å². The lowest BCUT2D eigenvalue weighted by Crippen LogP contribution is -2.27. The first-order chi connectivity index (χ1) is 9.97. The van der Waals surface area contributed by atoms with Crippen LogP contribution in [0.25, 0.3) is 4.96 Å². The maximum atomic E-state index is 12.3. The van der Waals surface area contributed by atoms with Crippen molar-refractivity contribution in [2.75, 3.05) is 6.54 Å². The number of nitrogens with one attached hydrogen (secondary N) is 1. The number of rotatable bonds is 5. The van der Waals surface area contributed by atoms with Crippen molar-refractivity contribution in [1.82, 2.24) is 23.9 Å². The van der Waals surface area contributed by atoms with Crippen LogP contribution in [0, 0.1) is 0 Å². The van der Waals surface area contributed by atoms with Gasteiger partial charge in [0.25, 0.3) is 10.0 Å². The topological polar surface area (TPSA) is 81.3 Å². The molecule has 0 aromatic carbocycles. The quantitative estimate of drug-likeness (QED) is 0.755. The highest BCUT2D eigenvalue weighted by Gasteiger charge is 2.24. The normalized spacial score (nSPS) is 12.3. The summed E-state index contributed by atoms with van der Waals surface area (Å²) >= 11 is 7.26. The van der Waals surface area contributed by atoms with E-state index in [1.807, 2.05) is 13.2 Å². The Balaban J connectivity index is 1.77. The van der Waals surface area contributed by atoms with Crippen LogP contribution >= 0.6 is 22.9 Å². The molecule has 0 bridgehead atoms. The van der Waals surface area contributed by atoms with Gasteiger partial charge in [-0.2, -0.15) is 5.10 Å². The predicted molar refractivity (Wildman–Crippen MR) is 80.2 cm³/mol. The molecule has 3 rings (SSSR count). The molecule has 0 radical (unpaired) electrons. The van der Waals surface area contributed by atoms with Crippen LogP contribution in [0.1, 0.15) is 5.56 Å². The molecule has 3 heterocycles. The summed E-state index contributed by atoms with van der Waals surface area (Å²) in [6.45, 7) is 0.266. The third-order valence-corrected chi connectivity index (χ3v) is 5.51. The number of sulfonamides is 1. The number of nitrogens with zero attached hydrogens (tertiary/aromatic N) is 4. The van der Waals surface area contributed by atoms with Gasteiger partial charge >= 0.3 is 0 Å². The van der Waals surface area contributed by atoms with E-state index in [1.54, 1.807) is 22.5 Å². The second kappa shape index (κ2) is 5.41. The van der Waals surface area contributed by atoms with E-state index in [4.69, 9.17) is 11.6 Å². The third-order valence-electron chi connectivity index (χ3n) is 2.90. The van der Waals surface area contributed by atoms with Gasteiger partial charge in [0, 0.05) is 31.4 Å². The number of fused-ring (bicyclic) bond motifs is 1. The number of halogens is 1. The van der Waals surface area contributed by atoms with Crippen LogP contribution in [0.2, 0.25) is 5.15 Å². The van der Waals surface area contributed by atoms with Gasteiger partial charge in [-0.05, 0) is 12.0 Å². The molecule has 0 atom stereocenters. The van der Waals surface area contributed by atoms with Gasteiger partial charge in [-0.25, -0.2) is 18.1 Å². The average Bonchev–Trinajstić information content (AvgIpc) is 3.04. The highest BCUT2D eigenvalue weighted by atomic mass is 35.5. The summed E-state index contributed by atoms with van der Waals surface area (Å²) in [4.78, 5) is 4.57. The van der Waals surface area contributed by atoms with Crippen molar-refractivity contribution in [2.45, 2.75) is 11.4 Å². The minimum Gasteiger partial charge on any atom is -0.279 e. The molecule has 21 heavy (non-hydrogen) atoms. The first-order valence-electron chi connectivity index (χ1n) is 6.05. The van der Waals surface area contributed by atoms with E-state index >= 15 is 0 Å². The summed E-state index contributed by atoms with van der Waals surface area (Å²) in [7, 11) is -1.90. The van der Waals surface area contributed by atoms with Crippen molar-refractivity contribution in [3.8, 4) is 0 Å². The molecule has 0 amide bonds. The maximum Gasteiger partial charge on any atom is 0.259 e. The molecule has 10 heteroatoms. The molecule has 0 aliphatic rings. The van der Waals surface area contributed by atoms with Crippen LogP contribution in [0.5, 0.6) is 0 Å². The number of aromatic nitrogens is 4. The molecule has 0 fully saturated rings. The summed E-state index contributed by atoms with van der Waals surface area (Å²) in [5, 5.41) is 5.75. The predicted octanol–water partition coefficient (Wildman–Crippen LogP) is 1.30. The van der Waals surface area contributed by atoms with Gasteiger partial charge in [-0.1, -0.05) is 11.6 Å². The fraction of sp³-hybridized carbons (Fsp3) is 0.273. The average molecular weight is 346 g/mol. The Labute approximate surface area is 130 Å². The van der Waals surface area contributed by atoms with Gasteiger partial charge in [0.2, 0.25) is 0 Å². The van der Waals surface area contributed by atoms with E-state index in [1.165, 1.54) is 15.7 Å². The van der Waals surface area contributed by atoms with Gasteiger partial charge in [-0.3, -0.25) is 9.08 Å². The van der Waals surface area contributed by atoms with E-state index in [9.17, 15) is 8.42 Å². The van der Waals surface area contributed by atoms with E-state index in [2.05, 4.69) is 14.8 Å². The highest BCUT2D eigenvalue weighted by molar-refractivity contribution is 7.89. The zero-order chi connectivity index (χ0) is 15.0. The number of hydrogen-bond acceptors (Lipinski definition) is 5. The van der Waals surface area contributed by atoms with Gasteiger partial charge in [0.15, 0.2) is 15.1 Å². The fourth-order valence-electron chi connectivity index (χ4n) is 1.98. The van der Waals surface area contributed by atoms with Gasteiger partial charge in [0.1, 0.15) is 0 Å². The molecule has 0 saturated heterocycles. The molecule has 0 unspecified atom stereocenters. The smallest absolute Gasteiger partial charge is 0.259 e. The van der Waals surface area contributed by atoms with E-state index in [0.717, 1.165) is 5.56 Å². The molecule has 7 nitrogen and oxygen atoms in total. The highest BCUT2D eigenvalue weighted by Crippen LogP contribution is 2.25. The summed E-state index contributed by atoms with van der Waals surface area (Å²) in [5.41, 5.74) is 0.959. The molecule has 1 N–H and O–H groups in total. The van der Waals surface area contributed by atoms with Gasteiger partial charge in [0.05, 0.1) is 6.20 Å². The molecule has 0 aliphatic carbocycles. The first kappa shape index (κ1) is 14.5. The van der Waals surface area contributed by atoms with Crippen LogP contribution in [-0.4, -0.2) is 34.1 Å². The first-order valence-corrected chi connectivity index (χ1v) is 8.80. The fourth-order valence-corrected chi connectivity index (χ4v) is 4.46. The largest absolute Gasteiger partial charge is 0.279 e. The van der Waals surface area contributed by atoms with E-state index < -0.39 is 10.0 Å². The molecule has 0 spiro atoms. The maximum absolute atomic E-state index is 12.3. The lowest BCUT2D eigenvalue weighted by Gasteiger charge is -2.05. The molecular formula is C11H12ClN5O2S2. The van der Waals surface area contributed by atoms with Crippen molar-refractivity contribution in [1.29, 1.82) is 0 Å². The van der Waals surface area contributed by atoms with Gasteiger partial charge in [-0.15, -0.1) is 11.3 Å². The Morgan fingerprint density at radius 3 is 3.00 bits per heavy atom. The standard InChI is InChI=1S/C11H12ClN5O2S2/c1-16-7-8(6-13-16)2-3-14-21(18,19)10-9(12)15-11-17(10)4-5-20-11/h4-7,14H,2-3H2,1H3. The van der Waals surface area contributed by atoms with Gasteiger partial charge < -0.3 is 0 Å². The molecule has 0 aliphatic heterocycles. The molecule has 0 saturated carbocycles. The van der Waals surface area contributed by atoms with Crippen LogP contribution in [0.4, 0.5) is 0 Å². The SMILES string of the molecule is Cn1cc(CCNS(=O)(=O)c2c(Cl)nc3sccn23)cn1. The monoisotopic (exact) mass is 345 g/mol. The Hall–Kier alpha value is -1.42. The number of hydrogen-bond donors (Lipinski definition) is 1. The van der Waals surface area contributed by atoms with Crippen LogP contribution in [0.15, 0.2) is 29.0 Å². The molecule has 112 valence electrons. The minimum atomic E-state index is -3.71. The van der Waals surface area contributed by atoms with E-state index in [0.29, 0.717) is 11.4 Å². The van der Waals surface area contributed by atoms with Crippen LogP contribution in [-0.2, 0) is 23.5 Å². The number of aryl methyl sites for hydroxylation is 1. The molecule has 3 aromatic rings. The van der Waals surface area contributed by atoms with Crippen molar-refractivity contribution in [3.63, 3.8) is 0 Å². The second-order valence-electron chi connectivity index (χ2n) is 4.43. The van der Waals surface area contributed by atoms with E-state index in [-0.39, 0.29) is 16.7 Å². The zero-order valence-corrected chi connectivity index (χ0v) is 13.4. The van der Waals surface area contributed by atoms with Crippen molar-refractivity contribution >= 4 is 37.9 Å². The Morgan fingerprint density at radius 1 is 1.48 bits per heavy atom. The lowest BCUT2D eigenvalue weighted by atomic mass is 10.3. The van der Waals surface area contributed by atoms with Crippen molar-refractivity contribution < 1.29 is 8.42 Å². The summed E-state index contributed by atoms with van der Waals surface area (Å²) < 4.78 is 30.4. The summed E-state index contributed by atoms with van der Waals surface area (Å²) in [5.74, 6) is 0. The minimum absolute atomic E-state index is 0.0178.